The van der Waals surface area contributed by atoms with E-state index in [9.17, 15) is 9.59 Å². The highest BCUT2D eigenvalue weighted by molar-refractivity contribution is 7.15. The van der Waals surface area contributed by atoms with E-state index in [1.165, 1.54) is 22.2 Å². The first-order chi connectivity index (χ1) is 12.5. The summed E-state index contributed by atoms with van der Waals surface area (Å²) in [6, 6.07) is 7.29. The Balaban J connectivity index is 1.60. The number of hydrogen-bond acceptors (Lipinski definition) is 7. The number of nitrogens with one attached hydrogen (secondary N) is 1. The number of hydrogen-bond donors (Lipinski definition) is 1. The Bertz CT molecular complexity index is 1170. The van der Waals surface area contributed by atoms with Crippen LogP contribution in [0.25, 0.3) is 22.1 Å². The van der Waals surface area contributed by atoms with Gasteiger partial charge < -0.3 is 4.42 Å². The topological polar surface area (TPSA) is 103 Å². The fourth-order valence-corrected chi connectivity index (χ4v) is 3.32. The van der Waals surface area contributed by atoms with Gasteiger partial charge in [0.05, 0.1) is 6.33 Å². The van der Waals surface area contributed by atoms with E-state index in [1.807, 2.05) is 32.0 Å². The van der Waals surface area contributed by atoms with Gasteiger partial charge in [-0.05, 0) is 12.1 Å². The molecule has 0 bridgehead atoms. The summed E-state index contributed by atoms with van der Waals surface area (Å²) in [6.45, 7) is 3.81. The molecule has 1 N–H and O–H groups in total. The monoisotopic (exact) mass is 369 g/mol. The third kappa shape index (κ3) is 2.86. The molecule has 0 radical (unpaired) electrons. The van der Waals surface area contributed by atoms with E-state index in [1.54, 1.807) is 6.07 Å². The lowest BCUT2D eigenvalue weighted by atomic mass is 10.2. The minimum atomic E-state index is -0.401. The van der Waals surface area contributed by atoms with Gasteiger partial charge in [0, 0.05) is 11.3 Å². The van der Waals surface area contributed by atoms with Crippen LogP contribution in [0.2, 0.25) is 0 Å². The Labute approximate surface area is 151 Å². The van der Waals surface area contributed by atoms with Crippen molar-refractivity contribution in [3.05, 3.63) is 46.0 Å². The van der Waals surface area contributed by atoms with E-state index in [2.05, 4.69) is 20.5 Å². The first-order valence-electron chi connectivity index (χ1n) is 8.03. The second kappa shape index (κ2) is 6.34. The van der Waals surface area contributed by atoms with Crippen molar-refractivity contribution in [1.29, 1.82) is 0 Å². The number of carbonyl (C=O) groups is 1. The van der Waals surface area contributed by atoms with Crippen LogP contribution in [0.4, 0.5) is 5.13 Å². The van der Waals surface area contributed by atoms with Gasteiger partial charge in [-0.2, -0.15) is 0 Å². The summed E-state index contributed by atoms with van der Waals surface area (Å²) in [5.41, 5.74) is 0.818. The van der Waals surface area contributed by atoms with Gasteiger partial charge in [-0.1, -0.05) is 37.3 Å². The number of rotatable bonds is 4. The number of benzene rings is 1. The molecule has 0 atom stereocenters. The molecular formula is C17H15N5O3S. The van der Waals surface area contributed by atoms with E-state index in [-0.39, 0.29) is 24.0 Å². The van der Waals surface area contributed by atoms with Crippen molar-refractivity contribution in [1.82, 2.24) is 19.7 Å². The molecule has 9 heteroatoms. The summed E-state index contributed by atoms with van der Waals surface area (Å²) in [4.78, 5) is 29.1. The molecule has 0 aliphatic heterocycles. The first kappa shape index (κ1) is 16.4. The van der Waals surface area contributed by atoms with Crippen molar-refractivity contribution < 1.29 is 9.21 Å². The maximum atomic E-state index is 12.6. The van der Waals surface area contributed by atoms with E-state index < -0.39 is 5.56 Å². The van der Waals surface area contributed by atoms with Crippen molar-refractivity contribution in [3.63, 3.8) is 0 Å². The molecule has 0 aliphatic rings. The average Bonchev–Trinajstić information content (AvgIpc) is 3.22. The lowest BCUT2D eigenvalue weighted by Crippen LogP contribution is -2.27. The van der Waals surface area contributed by atoms with Gasteiger partial charge in [-0.3, -0.25) is 19.5 Å². The number of aromatic nitrogens is 4. The normalized spacial score (nSPS) is 11.5. The van der Waals surface area contributed by atoms with E-state index >= 15 is 0 Å². The molecule has 3 aromatic heterocycles. The largest absolute Gasteiger partial charge is 0.448 e. The van der Waals surface area contributed by atoms with Crippen LogP contribution in [-0.2, 0) is 11.3 Å². The molecule has 0 unspecified atom stereocenters. The molecule has 1 aromatic carbocycles. The molecule has 0 saturated heterocycles. The number of anilines is 1. The Hall–Kier alpha value is -3.07. The van der Waals surface area contributed by atoms with E-state index in [0.717, 1.165) is 10.4 Å². The summed E-state index contributed by atoms with van der Waals surface area (Å²) in [7, 11) is 0. The highest BCUT2D eigenvalue weighted by Gasteiger charge is 2.15. The lowest BCUT2D eigenvalue weighted by molar-refractivity contribution is -0.116. The Morgan fingerprint density at radius 3 is 2.88 bits per heavy atom. The average molecular weight is 369 g/mol. The summed E-state index contributed by atoms with van der Waals surface area (Å²) < 4.78 is 6.82. The number of amides is 1. The van der Waals surface area contributed by atoms with Crippen LogP contribution >= 0.6 is 11.3 Å². The second-order valence-electron chi connectivity index (χ2n) is 6.10. The van der Waals surface area contributed by atoms with Crippen molar-refractivity contribution in [3.8, 4) is 0 Å². The molecule has 0 fully saturated rings. The molecule has 0 aliphatic carbocycles. The molecule has 3 heterocycles. The number of para-hydroxylation sites is 1. The Morgan fingerprint density at radius 1 is 1.31 bits per heavy atom. The molecule has 1 amide bonds. The second-order valence-corrected chi connectivity index (χ2v) is 7.11. The Morgan fingerprint density at radius 2 is 2.12 bits per heavy atom. The molecule has 4 rings (SSSR count). The fraction of sp³-hybridized carbons (Fsp3) is 0.235. The maximum Gasteiger partial charge on any atom is 0.297 e. The maximum absolute atomic E-state index is 12.6. The minimum Gasteiger partial charge on any atom is -0.448 e. The highest BCUT2D eigenvalue weighted by Crippen LogP contribution is 2.24. The van der Waals surface area contributed by atoms with Gasteiger partial charge >= 0.3 is 0 Å². The third-order valence-electron chi connectivity index (χ3n) is 3.85. The van der Waals surface area contributed by atoms with Crippen LogP contribution in [0, 0.1) is 0 Å². The number of nitrogens with zero attached hydrogens (tertiary/aromatic N) is 4. The van der Waals surface area contributed by atoms with Gasteiger partial charge in [0.15, 0.2) is 0 Å². The molecule has 8 nitrogen and oxygen atoms in total. The molecule has 0 saturated carbocycles. The number of furan rings is 1. The zero-order valence-electron chi connectivity index (χ0n) is 14.1. The molecular weight excluding hydrogens is 354 g/mol. The SMILES string of the molecule is CC(C)c1nnc(NC(=O)Cn2cnc3c(oc4ccccc43)c2=O)s1. The van der Waals surface area contributed by atoms with Crippen molar-refractivity contribution in [2.24, 2.45) is 0 Å². The summed E-state index contributed by atoms with van der Waals surface area (Å²) in [5.74, 6) is -0.142. The lowest BCUT2D eigenvalue weighted by Gasteiger charge is -2.04. The standard InChI is InChI=1S/C17H15N5O3S/c1-9(2)15-20-21-17(26-15)19-12(23)7-22-8-18-13-10-5-3-4-6-11(10)25-14(13)16(22)24/h3-6,8-9H,7H2,1-2H3,(H,19,21,23). The molecule has 0 spiro atoms. The number of carbonyl (C=O) groups excluding carboxylic acids is 1. The van der Waals surface area contributed by atoms with Gasteiger partial charge in [0.2, 0.25) is 16.6 Å². The summed E-state index contributed by atoms with van der Waals surface area (Å²) >= 11 is 1.31. The predicted octanol–water partition coefficient (Wildman–Crippen LogP) is 2.76. The Kier molecular flexibility index (Phi) is 4.00. The summed E-state index contributed by atoms with van der Waals surface area (Å²) in [5, 5.41) is 12.6. The smallest absolute Gasteiger partial charge is 0.297 e. The van der Waals surface area contributed by atoms with E-state index in [0.29, 0.717) is 16.2 Å². The molecule has 26 heavy (non-hydrogen) atoms. The van der Waals surface area contributed by atoms with E-state index in [4.69, 9.17) is 4.42 Å². The van der Waals surface area contributed by atoms with Crippen molar-refractivity contribution >= 4 is 44.4 Å². The van der Waals surface area contributed by atoms with Crippen LogP contribution < -0.4 is 10.9 Å². The van der Waals surface area contributed by atoms with Gasteiger partial charge in [-0.15, -0.1) is 10.2 Å². The zero-order chi connectivity index (χ0) is 18.3. The summed E-state index contributed by atoms with van der Waals surface area (Å²) in [6.07, 6.45) is 1.35. The zero-order valence-corrected chi connectivity index (χ0v) is 14.9. The van der Waals surface area contributed by atoms with Crippen LogP contribution in [-0.4, -0.2) is 25.7 Å². The van der Waals surface area contributed by atoms with Crippen LogP contribution in [0.5, 0.6) is 0 Å². The predicted molar refractivity (Wildman–Crippen MR) is 98.4 cm³/mol. The highest BCUT2D eigenvalue weighted by atomic mass is 32.1. The van der Waals surface area contributed by atoms with Crippen molar-refractivity contribution in [2.45, 2.75) is 26.3 Å². The minimum absolute atomic E-state index is 0.138. The molecule has 132 valence electrons. The van der Waals surface area contributed by atoms with Gasteiger partial charge in [0.1, 0.15) is 22.7 Å². The quantitative estimate of drug-likeness (QED) is 0.593. The fourth-order valence-electron chi connectivity index (χ4n) is 2.56. The number of fused-ring (bicyclic) bond motifs is 3. The third-order valence-corrected chi connectivity index (χ3v) is 4.98. The van der Waals surface area contributed by atoms with Crippen molar-refractivity contribution in [2.75, 3.05) is 5.32 Å². The van der Waals surface area contributed by atoms with Crippen LogP contribution in [0.3, 0.4) is 0 Å². The van der Waals surface area contributed by atoms with Crippen LogP contribution in [0.1, 0.15) is 24.8 Å². The molecule has 4 aromatic rings. The van der Waals surface area contributed by atoms with Gasteiger partial charge in [0.25, 0.3) is 5.56 Å². The van der Waals surface area contributed by atoms with Gasteiger partial charge in [-0.25, -0.2) is 4.98 Å². The van der Waals surface area contributed by atoms with Crippen LogP contribution in [0.15, 0.2) is 39.8 Å². The first-order valence-corrected chi connectivity index (χ1v) is 8.84.